The second kappa shape index (κ2) is 16.2. The Hall–Kier alpha value is -3.96. The topological polar surface area (TPSA) is 142 Å². The molecule has 3 saturated heterocycles. The van der Waals surface area contributed by atoms with E-state index in [-0.39, 0.29) is 58.4 Å². The Kier molecular flexibility index (Phi) is 11.8. The summed E-state index contributed by atoms with van der Waals surface area (Å²) in [5, 5.41) is 15.3. The molecule has 0 spiro atoms. The van der Waals surface area contributed by atoms with E-state index in [1.165, 1.54) is 11.1 Å². The summed E-state index contributed by atoms with van der Waals surface area (Å²) >= 11 is 12.1. The summed E-state index contributed by atoms with van der Waals surface area (Å²) in [4.78, 5) is 62.9. The third-order valence-electron chi connectivity index (χ3n) is 11.5. The van der Waals surface area contributed by atoms with Gasteiger partial charge in [0.25, 0.3) is 5.91 Å². The summed E-state index contributed by atoms with van der Waals surface area (Å²) in [5.41, 5.74) is 1.33. The molecule has 0 radical (unpaired) electrons. The maximum Gasteiger partial charge on any atom is 0.258 e. The number of anilines is 2. The Morgan fingerprint density at radius 3 is 2.38 bits per heavy atom. The summed E-state index contributed by atoms with van der Waals surface area (Å²) in [6, 6.07) is 11.5. The fourth-order valence-electron chi connectivity index (χ4n) is 8.72. The normalized spacial score (nSPS) is 26.8. The number of rotatable bonds is 10. The molecule has 3 atom stereocenters. The number of carbonyl (C=O) groups excluding carboxylic acids is 4. The minimum Gasteiger partial charge on any atom is -0.331 e. The standard InChI is InChI=1S/C39H49ClN8O4S/c1-24-21-45(22-25(2)46(24)23-35(50)43-28-11-9-27(10-12-28)31-15-16-34(49)44-36(31)51)17-5-6-26-7-13-29(14-8-26)48-38(53)47(37(52)39(48,3)4)30-18-32(40)33(19-41)42-20-30/h9-12,18,20,24-26,29,31H,5-8,13-17,21-23H2,1-4H3,(H,43,50)(H,44,49,51)/t24-,25+,26-,29-,31?. The number of nitriles is 1. The SMILES string of the molecule is C[C@@H]1CN(CCC[C@H]2CC[C@H](N3C(=S)N(c4cnc(C#N)c(Cl)c4)C(=O)C3(C)C)CC2)C[C@H](C)N1CC(=O)Nc1ccc(C2CCC(=O)NC2=O)cc1. The molecule has 2 aromatic rings. The van der Waals surface area contributed by atoms with Crippen molar-refractivity contribution < 1.29 is 19.2 Å². The smallest absolute Gasteiger partial charge is 0.258 e. The van der Waals surface area contributed by atoms with Gasteiger partial charge in [0.05, 0.1) is 29.4 Å². The summed E-state index contributed by atoms with van der Waals surface area (Å²) in [5.74, 6) is -0.392. The number of imide groups is 1. The lowest BCUT2D eigenvalue weighted by atomic mass is 9.82. The van der Waals surface area contributed by atoms with Gasteiger partial charge < -0.3 is 15.1 Å². The molecule has 3 aliphatic heterocycles. The number of pyridine rings is 1. The Labute approximate surface area is 322 Å². The van der Waals surface area contributed by atoms with E-state index in [0.717, 1.165) is 63.7 Å². The number of hydrogen-bond acceptors (Lipinski definition) is 9. The molecule has 2 N–H and O–H groups in total. The third-order valence-corrected chi connectivity index (χ3v) is 12.2. The molecule has 6 rings (SSSR count). The van der Waals surface area contributed by atoms with Crippen molar-refractivity contribution in [2.24, 2.45) is 5.92 Å². The van der Waals surface area contributed by atoms with E-state index in [2.05, 4.69) is 44.2 Å². The molecule has 4 heterocycles. The lowest BCUT2D eigenvalue weighted by molar-refractivity contribution is -0.134. The number of hydrogen-bond donors (Lipinski definition) is 2. The summed E-state index contributed by atoms with van der Waals surface area (Å²) in [7, 11) is 0. The van der Waals surface area contributed by atoms with Gasteiger partial charge >= 0.3 is 0 Å². The van der Waals surface area contributed by atoms with Gasteiger partial charge in [0.15, 0.2) is 10.8 Å². The van der Waals surface area contributed by atoms with Crippen LogP contribution < -0.4 is 15.5 Å². The van der Waals surface area contributed by atoms with Crippen molar-refractivity contribution in [1.82, 2.24) is 25.0 Å². The molecule has 1 aromatic heterocycles. The molecular formula is C39H49ClN8O4S. The summed E-state index contributed by atoms with van der Waals surface area (Å²) < 4.78 is 0. The van der Waals surface area contributed by atoms with Crippen LogP contribution in [0.5, 0.6) is 0 Å². The minimum atomic E-state index is -0.795. The average Bonchev–Trinajstić information content (AvgIpc) is 3.29. The number of benzene rings is 1. The molecule has 53 heavy (non-hydrogen) atoms. The van der Waals surface area contributed by atoms with E-state index >= 15 is 0 Å². The van der Waals surface area contributed by atoms with Gasteiger partial charge in [-0.2, -0.15) is 5.26 Å². The van der Waals surface area contributed by atoms with Gasteiger partial charge in [0.2, 0.25) is 17.7 Å². The van der Waals surface area contributed by atoms with Gasteiger partial charge in [-0.1, -0.05) is 23.7 Å². The van der Waals surface area contributed by atoms with Crippen molar-refractivity contribution in [1.29, 1.82) is 5.26 Å². The van der Waals surface area contributed by atoms with Crippen LogP contribution in [-0.4, -0.2) is 98.3 Å². The van der Waals surface area contributed by atoms with E-state index in [1.54, 1.807) is 6.07 Å². The molecule has 1 unspecified atom stereocenters. The van der Waals surface area contributed by atoms with E-state index in [9.17, 15) is 24.4 Å². The van der Waals surface area contributed by atoms with E-state index < -0.39 is 5.54 Å². The number of amides is 4. The van der Waals surface area contributed by atoms with Crippen LogP contribution in [0, 0.1) is 17.2 Å². The molecule has 12 nitrogen and oxygen atoms in total. The van der Waals surface area contributed by atoms with Crippen molar-refractivity contribution in [3.05, 3.63) is 52.8 Å². The molecule has 4 fully saturated rings. The van der Waals surface area contributed by atoms with Gasteiger partial charge in [0, 0.05) is 43.3 Å². The van der Waals surface area contributed by atoms with Crippen LogP contribution in [0.25, 0.3) is 0 Å². The van der Waals surface area contributed by atoms with Gasteiger partial charge in [-0.3, -0.25) is 34.3 Å². The first kappa shape index (κ1) is 38.8. The number of nitrogens with zero attached hydrogens (tertiary/aromatic N) is 6. The average molecular weight is 761 g/mol. The molecular weight excluding hydrogens is 712 g/mol. The van der Waals surface area contributed by atoms with Crippen molar-refractivity contribution in [2.45, 2.75) is 109 Å². The highest BCUT2D eigenvalue weighted by molar-refractivity contribution is 7.80. The fraction of sp³-hybridized carbons (Fsp3) is 0.564. The van der Waals surface area contributed by atoms with Crippen LogP contribution in [0.15, 0.2) is 36.5 Å². The number of carbonyl (C=O) groups is 4. The van der Waals surface area contributed by atoms with Crippen LogP contribution >= 0.6 is 23.8 Å². The number of piperidine rings is 1. The molecule has 0 bridgehead atoms. The van der Waals surface area contributed by atoms with Crippen molar-refractivity contribution in [3.8, 4) is 6.07 Å². The fourth-order valence-corrected chi connectivity index (χ4v) is 9.48. The Bertz CT molecular complexity index is 1780. The molecule has 4 aliphatic rings. The van der Waals surface area contributed by atoms with Crippen LogP contribution in [0.1, 0.15) is 96.2 Å². The van der Waals surface area contributed by atoms with Crippen LogP contribution in [0.2, 0.25) is 5.02 Å². The maximum absolute atomic E-state index is 13.6. The van der Waals surface area contributed by atoms with Gasteiger partial charge in [-0.25, -0.2) is 4.98 Å². The highest BCUT2D eigenvalue weighted by Crippen LogP contribution is 2.40. The highest BCUT2D eigenvalue weighted by atomic mass is 35.5. The Morgan fingerprint density at radius 1 is 1.08 bits per heavy atom. The molecule has 4 amide bonds. The molecule has 1 aromatic carbocycles. The van der Waals surface area contributed by atoms with Crippen molar-refractivity contribution in [3.63, 3.8) is 0 Å². The predicted molar refractivity (Wildman–Crippen MR) is 207 cm³/mol. The first-order chi connectivity index (χ1) is 25.3. The number of thiocarbonyl (C=S) groups is 1. The maximum atomic E-state index is 13.6. The van der Waals surface area contributed by atoms with Crippen LogP contribution in [-0.2, 0) is 19.2 Å². The largest absolute Gasteiger partial charge is 0.331 e. The first-order valence-corrected chi connectivity index (χ1v) is 19.5. The van der Waals surface area contributed by atoms with Crippen molar-refractivity contribution >= 4 is 63.9 Å². The molecule has 282 valence electrons. The number of nitrogens with one attached hydrogen (secondary N) is 2. The number of aromatic nitrogens is 1. The van der Waals surface area contributed by atoms with Gasteiger partial charge in [-0.15, -0.1) is 0 Å². The lowest BCUT2D eigenvalue weighted by Gasteiger charge is -2.44. The van der Waals surface area contributed by atoms with E-state index in [4.69, 9.17) is 23.8 Å². The number of halogens is 1. The molecule has 1 saturated carbocycles. The van der Waals surface area contributed by atoms with Crippen LogP contribution in [0.3, 0.4) is 0 Å². The van der Waals surface area contributed by atoms with E-state index in [1.807, 2.05) is 44.2 Å². The van der Waals surface area contributed by atoms with E-state index in [0.29, 0.717) is 41.8 Å². The monoisotopic (exact) mass is 760 g/mol. The molecule has 14 heteroatoms. The lowest BCUT2D eigenvalue weighted by Crippen LogP contribution is -2.58. The third kappa shape index (κ3) is 8.41. The summed E-state index contributed by atoms with van der Waals surface area (Å²) in [6.07, 6.45) is 8.72. The highest BCUT2D eigenvalue weighted by Gasteiger charge is 2.52. The minimum absolute atomic E-state index is 0.0627. The zero-order valence-corrected chi connectivity index (χ0v) is 32.5. The zero-order chi connectivity index (χ0) is 38.0. The molecule has 1 aliphatic carbocycles. The zero-order valence-electron chi connectivity index (χ0n) is 30.9. The predicted octanol–water partition coefficient (Wildman–Crippen LogP) is 5.21. The summed E-state index contributed by atoms with van der Waals surface area (Å²) in [6.45, 7) is 11.4. The second-order valence-corrected chi connectivity index (χ2v) is 16.4. The van der Waals surface area contributed by atoms with Gasteiger partial charge in [0.1, 0.15) is 11.6 Å². The first-order valence-electron chi connectivity index (χ1n) is 18.7. The Morgan fingerprint density at radius 2 is 1.75 bits per heavy atom. The van der Waals surface area contributed by atoms with Gasteiger partial charge in [-0.05, 0) is 121 Å². The number of piperazine rings is 1. The Balaban J connectivity index is 0.926. The second-order valence-electron chi connectivity index (χ2n) is 15.6. The van der Waals surface area contributed by atoms with Crippen LogP contribution in [0.4, 0.5) is 11.4 Å². The van der Waals surface area contributed by atoms with Crippen molar-refractivity contribution in [2.75, 3.05) is 36.4 Å². The quantitative estimate of drug-likeness (QED) is 0.245.